The molecule has 1 atom stereocenters. The highest BCUT2D eigenvalue weighted by atomic mass is 16.6. The molecule has 0 saturated carbocycles. The monoisotopic (exact) mass is 921 g/mol. The van der Waals surface area contributed by atoms with E-state index in [-0.39, 0.29) is 31.1 Å². The van der Waals surface area contributed by atoms with E-state index >= 15 is 0 Å². The molecule has 0 aliphatic heterocycles. The Kier molecular flexibility index (Phi) is 51.9. The number of hydrogen-bond acceptors (Lipinski definition) is 6. The third kappa shape index (κ3) is 51.8. The number of ether oxygens (including phenoxy) is 3. The van der Waals surface area contributed by atoms with Crippen LogP contribution in [0.25, 0.3) is 0 Å². The highest BCUT2D eigenvalue weighted by molar-refractivity contribution is 5.71. The Morgan fingerprint density at radius 1 is 0.303 bits per heavy atom. The van der Waals surface area contributed by atoms with Gasteiger partial charge in [-0.05, 0) is 116 Å². The summed E-state index contributed by atoms with van der Waals surface area (Å²) in [5.74, 6) is -0.911. The number of rotatable bonds is 50. The minimum Gasteiger partial charge on any atom is -0.462 e. The van der Waals surface area contributed by atoms with Crippen LogP contribution in [-0.2, 0) is 28.6 Å². The van der Waals surface area contributed by atoms with Crippen molar-refractivity contribution < 1.29 is 28.6 Å². The first-order valence-corrected chi connectivity index (χ1v) is 27.9. The van der Waals surface area contributed by atoms with E-state index in [1.807, 2.05) is 0 Å². The van der Waals surface area contributed by atoms with Crippen molar-refractivity contribution in [1.29, 1.82) is 0 Å². The van der Waals surface area contributed by atoms with Crippen LogP contribution >= 0.6 is 0 Å². The summed E-state index contributed by atoms with van der Waals surface area (Å²) in [5.41, 5.74) is 0. The lowest BCUT2D eigenvalue weighted by Crippen LogP contribution is -2.30. The lowest BCUT2D eigenvalue weighted by atomic mass is 10.1. The molecule has 0 aromatic heterocycles. The maximum Gasteiger partial charge on any atom is 0.306 e. The van der Waals surface area contributed by atoms with Crippen LogP contribution in [0.2, 0.25) is 0 Å². The zero-order valence-electron chi connectivity index (χ0n) is 43.4. The molecular weight excluding hydrogens is 817 g/mol. The molecule has 6 nitrogen and oxygen atoms in total. The molecule has 0 rings (SSSR count). The Balaban J connectivity index is 4.40. The summed E-state index contributed by atoms with van der Waals surface area (Å²) in [7, 11) is 0. The highest BCUT2D eigenvalue weighted by Crippen LogP contribution is 2.14. The molecule has 0 saturated heterocycles. The average Bonchev–Trinajstić information content (AvgIpc) is 3.31. The van der Waals surface area contributed by atoms with Crippen molar-refractivity contribution in [3.63, 3.8) is 0 Å². The van der Waals surface area contributed by atoms with E-state index in [4.69, 9.17) is 14.2 Å². The number of carbonyl (C=O) groups excluding carboxylic acids is 3. The maximum absolute atomic E-state index is 12.8. The van der Waals surface area contributed by atoms with E-state index in [1.165, 1.54) is 135 Å². The second kappa shape index (κ2) is 54.5. The molecule has 380 valence electrons. The average molecular weight is 921 g/mol. The molecule has 0 heterocycles. The van der Waals surface area contributed by atoms with Gasteiger partial charge in [0.1, 0.15) is 13.2 Å². The largest absolute Gasteiger partial charge is 0.462 e. The van der Waals surface area contributed by atoms with Gasteiger partial charge in [-0.25, -0.2) is 0 Å². The van der Waals surface area contributed by atoms with Gasteiger partial charge < -0.3 is 14.2 Å². The molecule has 0 radical (unpaired) electrons. The van der Waals surface area contributed by atoms with Crippen molar-refractivity contribution in [3.8, 4) is 0 Å². The van der Waals surface area contributed by atoms with Gasteiger partial charge in [0.15, 0.2) is 6.10 Å². The molecule has 0 amide bonds. The van der Waals surface area contributed by atoms with Crippen molar-refractivity contribution in [2.75, 3.05) is 13.2 Å². The van der Waals surface area contributed by atoms with Gasteiger partial charge >= 0.3 is 17.9 Å². The van der Waals surface area contributed by atoms with Crippen molar-refractivity contribution in [3.05, 3.63) is 72.9 Å². The van der Waals surface area contributed by atoms with Crippen LogP contribution in [0.1, 0.15) is 271 Å². The van der Waals surface area contributed by atoms with Crippen LogP contribution in [0, 0.1) is 0 Å². The molecule has 0 spiro atoms. The number of unbranched alkanes of at least 4 members (excludes halogenated alkanes) is 27. The first-order valence-electron chi connectivity index (χ1n) is 27.9. The van der Waals surface area contributed by atoms with Gasteiger partial charge in [0, 0.05) is 19.3 Å². The Labute approximate surface area is 408 Å². The molecule has 0 aromatic rings. The zero-order valence-corrected chi connectivity index (χ0v) is 43.4. The Morgan fingerprint density at radius 2 is 0.545 bits per heavy atom. The SMILES string of the molecule is CCCCC/C=C\C/C=C\C/C=C\CCCCCCCCC(=O)OCC(COC(=O)CCCCCCC/C=C\CCCCC)OC(=O)CCCCCCCCC/C=C\C/C=C\CCCCC. The molecule has 0 aliphatic rings. The fraction of sp³-hybridized carbons (Fsp3) is 0.750. The quantitative estimate of drug-likeness (QED) is 0.0262. The van der Waals surface area contributed by atoms with Crippen molar-refractivity contribution >= 4 is 17.9 Å². The summed E-state index contributed by atoms with van der Waals surface area (Å²) in [6.45, 7) is 6.55. The van der Waals surface area contributed by atoms with E-state index < -0.39 is 6.10 Å². The molecule has 0 N–H and O–H groups in total. The number of carbonyl (C=O) groups is 3. The molecule has 1 unspecified atom stereocenters. The molecule has 0 bridgehead atoms. The van der Waals surface area contributed by atoms with Gasteiger partial charge in [0.05, 0.1) is 0 Å². The highest BCUT2D eigenvalue weighted by Gasteiger charge is 2.19. The standard InChI is InChI=1S/C60H104O6/c1-4-7-10-13-16-19-22-25-27-29-30-32-33-35-38-41-44-47-50-53-59(62)65-56-57(55-64-58(61)52-49-46-43-40-37-24-21-18-15-12-9-6-3)66-60(63)54-51-48-45-42-39-36-34-31-28-26-23-20-17-14-11-8-5-2/h16-21,25-28,30,32,57H,4-15,22-24,29,31,33-56H2,1-3H3/b19-16-,20-17-,21-18-,27-25-,28-26-,32-30-. The van der Waals surface area contributed by atoms with E-state index in [9.17, 15) is 14.4 Å². The van der Waals surface area contributed by atoms with Crippen LogP contribution in [0.4, 0.5) is 0 Å². The van der Waals surface area contributed by atoms with Crippen molar-refractivity contribution in [2.45, 2.75) is 277 Å². The molecule has 0 fully saturated rings. The molecule has 6 heteroatoms. The van der Waals surface area contributed by atoms with Crippen molar-refractivity contribution in [2.24, 2.45) is 0 Å². The summed E-state index contributed by atoms with van der Waals surface area (Å²) in [6.07, 6.45) is 68.8. The smallest absolute Gasteiger partial charge is 0.306 e. The second-order valence-corrected chi connectivity index (χ2v) is 18.5. The van der Waals surface area contributed by atoms with Crippen molar-refractivity contribution in [1.82, 2.24) is 0 Å². The van der Waals surface area contributed by atoms with Crippen LogP contribution in [-0.4, -0.2) is 37.2 Å². The summed E-state index contributed by atoms with van der Waals surface area (Å²) in [6, 6.07) is 0. The molecular formula is C60H104O6. The van der Waals surface area contributed by atoms with Gasteiger partial charge in [-0.3, -0.25) is 14.4 Å². The maximum atomic E-state index is 12.8. The minimum absolute atomic E-state index is 0.0872. The molecule has 66 heavy (non-hydrogen) atoms. The summed E-state index contributed by atoms with van der Waals surface area (Å²) < 4.78 is 16.8. The van der Waals surface area contributed by atoms with Gasteiger partial charge in [-0.1, -0.05) is 209 Å². The zero-order chi connectivity index (χ0) is 47.9. The first-order chi connectivity index (χ1) is 32.5. The van der Waals surface area contributed by atoms with E-state index in [1.54, 1.807) is 0 Å². The lowest BCUT2D eigenvalue weighted by Gasteiger charge is -2.18. The van der Waals surface area contributed by atoms with Crippen LogP contribution in [0.15, 0.2) is 72.9 Å². The topological polar surface area (TPSA) is 78.9 Å². The van der Waals surface area contributed by atoms with Crippen LogP contribution < -0.4 is 0 Å². The number of esters is 3. The molecule has 0 aromatic carbocycles. The first kappa shape index (κ1) is 62.8. The third-order valence-electron chi connectivity index (χ3n) is 11.9. The predicted octanol–water partition coefficient (Wildman–Crippen LogP) is 18.6. The van der Waals surface area contributed by atoms with Gasteiger partial charge in [-0.15, -0.1) is 0 Å². The summed E-state index contributed by atoms with van der Waals surface area (Å²) in [5, 5.41) is 0. The summed E-state index contributed by atoms with van der Waals surface area (Å²) >= 11 is 0. The summed E-state index contributed by atoms with van der Waals surface area (Å²) in [4.78, 5) is 38.1. The van der Waals surface area contributed by atoms with E-state index in [0.717, 1.165) is 96.3 Å². The Hall–Kier alpha value is -3.15. The molecule has 0 aliphatic carbocycles. The van der Waals surface area contributed by atoms with Crippen LogP contribution in [0.3, 0.4) is 0 Å². The Morgan fingerprint density at radius 3 is 0.864 bits per heavy atom. The fourth-order valence-corrected chi connectivity index (χ4v) is 7.65. The Bertz CT molecular complexity index is 1240. The fourth-order valence-electron chi connectivity index (χ4n) is 7.65. The second-order valence-electron chi connectivity index (χ2n) is 18.5. The lowest BCUT2D eigenvalue weighted by molar-refractivity contribution is -0.167. The van der Waals surface area contributed by atoms with Gasteiger partial charge in [0.25, 0.3) is 0 Å². The number of hydrogen-bond donors (Lipinski definition) is 0. The van der Waals surface area contributed by atoms with Crippen LogP contribution in [0.5, 0.6) is 0 Å². The van der Waals surface area contributed by atoms with Gasteiger partial charge in [0.2, 0.25) is 0 Å². The normalized spacial score (nSPS) is 12.6. The number of allylic oxidation sites excluding steroid dienone is 12. The predicted molar refractivity (Wildman–Crippen MR) is 284 cm³/mol. The van der Waals surface area contributed by atoms with Gasteiger partial charge in [-0.2, -0.15) is 0 Å². The third-order valence-corrected chi connectivity index (χ3v) is 11.9. The van der Waals surface area contributed by atoms with E-state index in [2.05, 4.69) is 93.7 Å². The van der Waals surface area contributed by atoms with E-state index in [0.29, 0.717) is 19.3 Å². The minimum atomic E-state index is -0.788.